The first-order valence-corrected chi connectivity index (χ1v) is 4.75. The molecule has 0 heterocycles. The van der Waals surface area contributed by atoms with Crippen LogP contribution in [0.2, 0.25) is 0 Å². The van der Waals surface area contributed by atoms with Crippen LogP contribution in [-0.4, -0.2) is 10.6 Å². The zero-order chi connectivity index (χ0) is 12.1. The third-order valence-corrected chi connectivity index (χ3v) is 2.00. The van der Waals surface area contributed by atoms with Crippen molar-refractivity contribution in [2.75, 3.05) is 5.32 Å². The van der Waals surface area contributed by atoms with Crippen LogP contribution < -0.4 is 5.32 Å². The molecule has 0 saturated heterocycles. The number of hydrogen-bond acceptors (Lipinski definition) is 4. The van der Waals surface area contributed by atoms with Gasteiger partial charge in [0.15, 0.2) is 0 Å². The predicted octanol–water partition coefficient (Wildman–Crippen LogP) is 2.65. The Morgan fingerprint density at radius 2 is 1.88 bits per heavy atom. The van der Waals surface area contributed by atoms with Crippen LogP contribution in [0.1, 0.15) is 13.8 Å². The van der Waals surface area contributed by atoms with Crippen LogP contribution in [0, 0.1) is 15.5 Å². The quantitative estimate of drug-likeness (QED) is 0.464. The number of hydrogen-bond donors (Lipinski definition) is 2. The summed E-state index contributed by atoms with van der Waals surface area (Å²) in [5.41, 5.74) is 0.874. The lowest BCUT2D eigenvalue weighted by Crippen LogP contribution is -2.13. The zero-order valence-corrected chi connectivity index (χ0v) is 9.15. The third-order valence-electron chi connectivity index (χ3n) is 2.00. The molecule has 0 fully saturated rings. The Bertz CT molecular complexity index is 422. The van der Waals surface area contributed by atoms with Crippen molar-refractivity contribution in [3.63, 3.8) is 0 Å². The normalized spacial score (nSPS) is 11.6. The van der Waals surface area contributed by atoms with E-state index >= 15 is 0 Å². The molecule has 0 spiro atoms. The number of nitrogens with one attached hydrogen (secondary N) is 2. The molecule has 0 aliphatic carbocycles. The summed E-state index contributed by atoms with van der Waals surface area (Å²) in [6, 6.07) is 9.14. The second-order valence-corrected chi connectivity index (χ2v) is 3.35. The standard InChI is InChI=1S/C11H13N3O2/c1-8(12)11(14(15)16)9(2)13-10-6-4-3-5-7-10/h3-7,12-13H,1-2H3/b11-9+,12-8?. The van der Waals surface area contributed by atoms with Gasteiger partial charge in [0.2, 0.25) is 0 Å². The van der Waals surface area contributed by atoms with Crippen LogP contribution in [0.15, 0.2) is 41.7 Å². The van der Waals surface area contributed by atoms with E-state index in [1.165, 1.54) is 6.92 Å². The van der Waals surface area contributed by atoms with Gasteiger partial charge in [-0.25, -0.2) is 0 Å². The van der Waals surface area contributed by atoms with Crippen LogP contribution in [0.25, 0.3) is 0 Å². The molecule has 16 heavy (non-hydrogen) atoms. The summed E-state index contributed by atoms with van der Waals surface area (Å²) in [6.07, 6.45) is 0. The molecule has 0 aromatic heterocycles. The van der Waals surface area contributed by atoms with Crippen molar-refractivity contribution < 1.29 is 4.92 Å². The summed E-state index contributed by atoms with van der Waals surface area (Å²) in [5, 5.41) is 21.0. The summed E-state index contributed by atoms with van der Waals surface area (Å²) in [7, 11) is 0. The van der Waals surface area contributed by atoms with Crippen LogP contribution in [0.3, 0.4) is 0 Å². The van der Waals surface area contributed by atoms with Gasteiger partial charge in [0.05, 0.1) is 10.6 Å². The number of anilines is 1. The molecule has 5 nitrogen and oxygen atoms in total. The maximum Gasteiger partial charge on any atom is 0.308 e. The van der Waals surface area contributed by atoms with Gasteiger partial charge >= 0.3 is 5.70 Å². The Balaban J connectivity index is 2.99. The van der Waals surface area contributed by atoms with Crippen molar-refractivity contribution in [3.8, 4) is 0 Å². The maximum atomic E-state index is 10.7. The van der Waals surface area contributed by atoms with Gasteiger partial charge in [0.1, 0.15) is 5.71 Å². The lowest BCUT2D eigenvalue weighted by molar-refractivity contribution is -0.416. The Morgan fingerprint density at radius 1 is 1.31 bits per heavy atom. The molecule has 1 aromatic carbocycles. The Hall–Kier alpha value is -2.17. The van der Waals surface area contributed by atoms with Crippen LogP contribution in [-0.2, 0) is 0 Å². The summed E-state index contributed by atoms with van der Waals surface area (Å²) in [4.78, 5) is 10.2. The van der Waals surface area contributed by atoms with Gasteiger partial charge in [-0.05, 0) is 26.0 Å². The van der Waals surface area contributed by atoms with Crippen molar-refractivity contribution in [1.29, 1.82) is 5.41 Å². The minimum absolute atomic E-state index is 0.0640. The largest absolute Gasteiger partial charge is 0.353 e. The van der Waals surface area contributed by atoms with Crippen molar-refractivity contribution in [2.24, 2.45) is 0 Å². The average Bonchev–Trinajstić information content (AvgIpc) is 2.17. The summed E-state index contributed by atoms with van der Waals surface area (Å²) >= 11 is 0. The lowest BCUT2D eigenvalue weighted by Gasteiger charge is -2.06. The number of rotatable bonds is 4. The Labute approximate surface area is 93.5 Å². The number of allylic oxidation sites excluding steroid dienone is 2. The summed E-state index contributed by atoms with van der Waals surface area (Å²) < 4.78 is 0. The lowest BCUT2D eigenvalue weighted by atomic mass is 10.2. The van der Waals surface area contributed by atoms with Crippen LogP contribution >= 0.6 is 0 Å². The molecule has 0 unspecified atom stereocenters. The molecule has 0 aliphatic rings. The topological polar surface area (TPSA) is 79.0 Å². The first-order chi connectivity index (χ1) is 7.52. The van der Waals surface area contributed by atoms with Gasteiger partial charge in [-0.15, -0.1) is 0 Å². The van der Waals surface area contributed by atoms with E-state index in [2.05, 4.69) is 5.32 Å². The molecule has 0 bridgehead atoms. The average molecular weight is 219 g/mol. The molecule has 2 N–H and O–H groups in total. The van der Waals surface area contributed by atoms with E-state index in [1.807, 2.05) is 18.2 Å². The number of nitrogens with zero attached hydrogens (tertiary/aromatic N) is 1. The fourth-order valence-corrected chi connectivity index (χ4v) is 1.35. The fourth-order valence-electron chi connectivity index (χ4n) is 1.35. The van der Waals surface area contributed by atoms with Gasteiger partial charge in [-0.2, -0.15) is 0 Å². The van der Waals surface area contributed by atoms with E-state index in [0.29, 0.717) is 5.70 Å². The van der Waals surface area contributed by atoms with E-state index in [4.69, 9.17) is 5.41 Å². The second-order valence-electron chi connectivity index (χ2n) is 3.35. The molecule has 0 radical (unpaired) electrons. The van der Waals surface area contributed by atoms with E-state index < -0.39 is 4.92 Å². The highest BCUT2D eigenvalue weighted by Gasteiger charge is 2.17. The van der Waals surface area contributed by atoms with Crippen molar-refractivity contribution >= 4 is 11.4 Å². The minimum Gasteiger partial charge on any atom is -0.353 e. The Kier molecular flexibility index (Phi) is 3.77. The third kappa shape index (κ3) is 2.91. The first-order valence-electron chi connectivity index (χ1n) is 4.75. The molecule has 84 valence electrons. The SMILES string of the molecule is CC(=N)/C(=C(/C)Nc1ccccc1)[N+](=O)[O-]. The predicted molar refractivity (Wildman–Crippen MR) is 63.2 cm³/mol. The van der Waals surface area contributed by atoms with Crippen molar-refractivity contribution in [2.45, 2.75) is 13.8 Å². The molecular weight excluding hydrogens is 206 g/mol. The number of benzene rings is 1. The molecule has 0 atom stereocenters. The second kappa shape index (κ2) is 5.06. The molecule has 0 aliphatic heterocycles. The first kappa shape index (κ1) is 11.9. The highest BCUT2D eigenvalue weighted by molar-refractivity contribution is 5.94. The van der Waals surface area contributed by atoms with Gasteiger partial charge in [0.25, 0.3) is 0 Å². The molecule has 5 heteroatoms. The Morgan fingerprint density at radius 3 is 2.31 bits per heavy atom. The number of para-hydroxylation sites is 1. The molecule has 0 amide bonds. The van der Waals surface area contributed by atoms with Gasteiger partial charge in [-0.1, -0.05) is 18.2 Å². The van der Waals surface area contributed by atoms with E-state index in [0.717, 1.165) is 5.69 Å². The highest BCUT2D eigenvalue weighted by atomic mass is 16.6. The fraction of sp³-hybridized carbons (Fsp3) is 0.182. The van der Waals surface area contributed by atoms with E-state index in [1.54, 1.807) is 19.1 Å². The maximum absolute atomic E-state index is 10.7. The van der Waals surface area contributed by atoms with E-state index in [9.17, 15) is 10.1 Å². The molecular formula is C11H13N3O2. The minimum atomic E-state index is -0.548. The zero-order valence-electron chi connectivity index (χ0n) is 9.15. The highest BCUT2D eigenvalue weighted by Crippen LogP contribution is 2.12. The summed E-state index contributed by atoms with van der Waals surface area (Å²) in [5.74, 6) is 0. The molecule has 0 saturated carbocycles. The molecule has 1 rings (SSSR count). The molecule has 1 aromatic rings. The van der Waals surface area contributed by atoms with Crippen LogP contribution in [0.4, 0.5) is 5.69 Å². The van der Waals surface area contributed by atoms with Gasteiger partial charge < -0.3 is 5.32 Å². The van der Waals surface area contributed by atoms with E-state index in [-0.39, 0.29) is 11.4 Å². The van der Waals surface area contributed by atoms with Gasteiger partial charge in [0, 0.05) is 5.69 Å². The monoisotopic (exact) mass is 219 g/mol. The van der Waals surface area contributed by atoms with Crippen molar-refractivity contribution in [1.82, 2.24) is 0 Å². The summed E-state index contributed by atoms with van der Waals surface area (Å²) in [6.45, 7) is 2.98. The number of nitro groups is 1. The smallest absolute Gasteiger partial charge is 0.308 e. The van der Waals surface area contributed by atoms with Crippen LogP contribution in [0.5, 0.6) is 0 Å². The van der Waals surface area contributed by atoms with Crippen molar-refractivity contribution in [3.05, 3.63) is 51.8 Å². The van der Waals surface area contributed by atoms with Gasteiger partial charge in [-0.3, -0.25) is 15.5 Å².